The van der Waals surface area contributed by atoms with Gasteiger partial charge in [-0.15, -0.1) is 0 Å². The van der Waals surface area contributed by atoms with Gasteiger partial charge in [-0.3, -0.25) is 10.1 Å². The van der Waals surface area contributed by atoms with Gasteiger partial charge in [0, 0.05) is 10.2 Å². The van der Waals surface area contributed by atoms with Crippen LogP contribution in [0.2, 0.25) is 0 Å². The fraction of sp³-hybridized carbons (Fsp3) is 0.133. The van der Waals surface area contributed by atoms with Crippen molar-refractivity contribution in [2.75, 3.05) is 11.9 Å². The van der Waals surface area contributed by atoms with Crippen LogP contribution in [0.3, 0.4) is 0 Å². The molecule has 0 saturated carbocycles. The Hall–Kier alpha value is -1.65. The lowest BCUT2D eigenvalue weighted by atomic mass is 9.97. The van der Waals surface area contributed by atoms with Gasteiger partial charge in [0.15, 0.2) is 0 Å². The maximum Gasteiger partial charge on any atom is 0.238 e. The summed E-state index contributed by atoms with van der Waals surface area (Å²) < 4.78 is 1.05. The lowest BCUT2D eigenvalue weighted by Gasteiger charge is -2.18. The molecular formula is C15H13BrN2O. The molecular weight excluding hydrogens is 304 g/mol. The molecule has 0 unspecified atom stereocenters. The molecule has 1 aliphatic rings. The van der Waals surface area contributed by atoms with Crippen molar-refractivity contribution in [3.63, 3.8) is 0 Å². The summed E-state index contributed by atoms with van der Waals surface area (Å²) in [5, 5.41) is 6.22. The molecule has 4 heteroatoms. The number of hydrogen-bond donors (Lipinski definition) is 2. The van der Waals surface area contributed by atoms with E-state index in [0.717, 1.165) is 21.3 Å². The number of nitrogens with one attached hydrogen (secondary N) is 2. The average Bonchev–Trinajstić information content (AvgIpc) is 2.58. The quantitative estimate of drug-likeness (QED) is 0.849. The molecule has 3 rings (SSSR count). The van der Waals surface area contributed by atoms with E-state index in [1.807, 2.05) is 36.4 Å². The molecule has 0 spiro atoms. The molecule has 2 aromatic carbocycles. The summed E-state index contributed by atoms with van der Waals surface area (Å²) in [4.78, 5) is 11.7. The van der Waals surface area contributed by atoms with Gasteiger partial charge in [-0.1, -0.05) is 46.3 Å². The number of carbonyl (C=O) groups excluding carboxylic acids is 1. The van der Waals surface area contributed by atoms with Crippen LogP contribution in [0.1, 0.15) is 17.2 Å². The van der Waals surface area contributed by atoms with Crippen molar-refractivity contribution in [1.82, 2.24) is 5.32 Å². The zero-order chi connectivity index (χ0) is 13.2. The molecule has 19 heavy (non-hydrogen) atoms. The van der Waals surface area contributed by atoms with E-state index in [2.05, 4.69) is 38.7 Å². The van der Waals surface area contributed by atoms with E-state index in [1.165, 1.54) is 0 Å². The van der Waals surface area contributed by atoms with E-state index in [4.69, 9.17) is 0 Å². The first-order valence-electron chi connectivity index (χ1n) is 6.11. The molecule has 0 aliphatic carbocycles. The molecule has 0 bridgehead atoms. The maximum absolute atomic E-state index is 11.7. The fourth-order valence-corrected chi connectivity index (χ4v) is 2.58. The normalized spacial score (nSPS) is 18.4. The summed E-state index contributed by atoms with van der Waals surface area (Å²) in [5.41, 5.74) is 3.12. The number of halogens is 1. The van der Waals surface area contributed by atoms with Crippen molar-refractivity contribution in [2.45, 2.75) is 6.04 Å². The van der Waals surface area contributed by atoms with Crippen molar-refractivity contribution < 1.29 is 4.79 Å². The average molecular weight is 317 g/mol. The second-order valence-electron chi connectivity index (χ2n) is 4.50. The Kier molecular flexibility index (Phi) is 3.36. The van der Waals surface area contributed by atoms with Crippen molar-refractivity contribution in [3.8, 4) is 0 Å². The topological polar surface area (TPSA) is 41.1 Å². The monoisotopic (exact) mass is 316 g/mol. The molecule has 96 valence electrons. The van der Waals surface area contributed by atoms with Gasteiger partial charge in [-0.25, -0.2) is 0 Å². The molecule has 3 nitrogen and oxygen atoms in total. The molecule has 1 amide bonds. The van der Waals surface area contributed by atoms with Crippen LogP contribution < -0.4 is 10.6 Å². The number of fused-ring (bicyclic) bond motifs is 1. The predicted molar refractivity (Wildman–Crippen MR) is 79.1 cm³/mol. The van der Waals surface area contributed by atoms with Crippen LogP contribution in [0.15, 0.2) is 53.0 Å². The van der Waals surface area contributed by atoms with Crippen LogP contribution in [-0.2, 0) is 4.79 Å². The number of para-hydroxylation sites is 1. The third kappa shape index (κ3) is 2.55. The first kappa shape index (κ1) is 12.4. The highest BCUT2D eigenvalue weighted by molar-refractivity contribution is 9.10. The van der Waals surface area contributed by atoms with Gasteiger partial charge in [0.05, 0.1) is 12.6 Å². The third-order valence-corrected chi connectivity index (χ3v) is 3.74. The van der Waals surface area contributed by atoms with Crippen molar-refractivity contribution in [3.05, 3.63) is 64.1 Å². The smallest absolute Gasteiger partial charge is 0.238 e. The highest BCUT2D eigenvalue weighted by atomic mass is 79.9. The summed E-state index contributed by atoms with van der Waals surface area (Å²) in [6.45, 7) is 0.315. The minimum absolute atomic E-state index is 0.00735. The van der Waals surface area contributed by atoms with E-state index in [-0.39, 0.29) is 11.9 Å². The highest BCUT2D eigenvalue weighted by Gasteiger charge is 2.22. The van der Waals surface area contributed by atoms with Crippen molar-refractivity contribution in [1.29, 1.82) is 0 Å². The van der Waals surface area contributed by atoms with E-state index >= 15 is 0 Å². The standard InChI is InChI=1S/C15H13BrN2O/c16-11-7-5-10(6-8-11)15-12-3-1-2-4-13(12)18-14(19)9-17-15/h1-8,15,17H,9H2,(H,18,19)/t15-/m0/s1. The second kappa shape index (κ2) is 5.15. The summed E-state index contributed by atoms with van der Waals surface area (Å²) in [6, 6.07) is 16.1. The van der Waals surface area contributed by atoms with E-state index in [1.54, 1.807) is 0 Å². The van der Waals surface area contributed by atoms with Gasteiger partial charge in [-0.2, -0.15) is 0 Å². The fourth-order valence-electron chi connectivity index (χ4n) is 2.31. The Morgan fingerprint density at radius 2 is 1.79 bits per heavy atom. The predicted octanol–water partition coefficient (Wildman–Crippen LogP) is 3.08. The number of carbonyl (C=O) groups is 1. The van der Waals surface area contributed by atoms with E-state index in [0.29, 0.717) is 6.54 Å². The molecule has 1 aliphatic heterocycles. The minimum atomic E-state index is -0.00735. The first-order valence-corrected chi connectivity index (χ1v) is 6.91. The summed E-state index contributed by atoms with van der Waals surface area (Å²) in [5.74, 6) is -0.00735. The number of hydrogen-bond acceptors (Lipinski definition) is 2. The largest absolute Gasteiger partial charge is 0.325 e. The molecule has 0 radical (unpaired) electrons. The Balaban J connectivity index is 2.06. The van der Waals surface area contributed by atoms with Crippen molar-refractivity contribution in [2.24, 2.45) is 0 Å². The lowest BCUT2D eigenvalue weighted by molar-refractivity contribution is -0.115. The van der Waals surface area contributed by atoms with Gasteiger partial charge in [-0.05, 0) is 29.3 Å². The van der Waals surface area contributed by atoms with Gasteiger partial charge in [0.25, 0.3) is 0 Å². The molecule has 0 fully saturated rings. The van der Waals surface area contributed by atoms with E-state index in [9.17, 15) is 4.79 Å². The Labute approximate surface area is 120 Å². The zero-order valence-corrected chi connectivity index (χ0v) is 11.8. The van der Waals surface area contributed by atoms with Crippen LogP contribution >= 0.6 is 15.9 Å². The van der Waals surface area contributed by atoms with Crippen LogP contribution in [-0.4, -0.2) is 12.5 Å². The van der Waals surface area contributed by atoms with Crippen LogP contribution in [0.4, 0.5) is 5.69 Å². The Morgan fingerprint density at radius 3 is 2.58 bits per heavy atom. The summed E-state index contributed by atoms with van der Waals surface area (Å²) in [7, 11) is 0. The first-order chi connectivity index (χ1) is 9.24. The SMILES string of the molecule is O=C1CN[C@@H](c2ccc(Br)cc2)c2ccccc2N1. The molecule has 2 N–H and O–H groups in total. The highest BCUT2D eigenvalue weighted by Crippen LogP contribution is 2.30. The van der Waals surface area contributed by atoms with Gasteiger partial charge < -0.3 is 5.32 Å². The second-order valence-corrected chi connectivity index (χ2v) is 5.42. The Morgan fingerprint density at radius 1 is 1.05 bits per heavy atom. The molecule has 1 heterocycles. The Bertz CT molecular complexity index is 610. The summed E-state index contributed by atoms with van der Waals surface area (Å²) >= 11 is 3.44. The van der Waals surface area contributed by atoms with Gasteiger partial charge >= 0.3 is 0 Å². The minimum Gasteiger partial charge on any atom is -0.325 e. The number of benzene rings is 2. The van der Waals surface area contributed by atoms with Crippen LogP contribution in [0.5, 0.6) is 0 Å². The molecule has 0 saturated heterocycles. The summed E-state index contributed by atoms with van der Waals surface area (Å²) in [6.07, 6.45) is 0. The molecule has 2 aromatic rings. The lowest BCUT2D eigenvalue weighted by Crippen LogP contribution is -2.27. The van der Waals surface area contributed by atoms with Gasteiger partial charge in [0.1, 0.15) is 0 Å². The zero-order valence-electron chi connectivity index (χ0n) is 10.2. The van der Waals surface area contributed by atoms with Crippen LogP contribution in [0, 0.1) is 0 Å². The number of rotatable bonds is 1. The van der Waals surface area contributed by atoms with Gasteiger partial charge in [0.2, 0.25) is 5.91 Å². The molecule has 1 atom stereocenters. The third-order valence-electron chi connectivity index (χ3n) is 3.22. The number of anilines is 1. The van der Waals surface area contributed by atoms with E-state index < -0.39 is 0 Å². The molecule has 0 aromatic heterocycles. The maximum atomic E-state index is 11.7. The number of amides is 1. The van der Waals surface area contributed by atoms with Crippen molar-refractivity contribution >= 4 is 27.5 Å². The van der Waals surface area contributed by atoms with Crippen LogP contribution in [0.25, 0.3) is 0 Å².